The van der Waals surface area contributed by atoms with Gasteiger partial charge >= 0.3 is 6.03 Å². The topological polar surface area (TPSA) is 70.5 Å². The van der Waals surface area contributed by atoms with Crippen molar-refractivity contribution < 1.29 is 9.59 Å². The fraction of sp³-hybridized carbons (Fsp3) is 0.542. The van der Waals surface area contributed by atoms with Gasteiger partial charge in [-0.25, -0.2) is 9.48 Å². The third-order valence-electron chi connectivity index (χ3n) is 6.52. The van der Waals surface area contributed by atoms with E-state index in [1.165, 1.54) is 5.69 Å². The van der Waals surface area contributed by atoms with Gasteiger partial charge in [-0.15, -0.1) is 0 Å². The number of fused-ring (bicyclic) bond motifs is 1. The third-order valence-corrected chi connectivity index (χ3v) is 6.52. The Morgan fingerprint density at radius 2 is 1.81 bits per heavy atom. The van der Waals surface area contributed by atoms with Crippen LogP contribution in [0.2, 0.25) is 0 Å². The number of urea groups is 1. The molecule has 166 valence electrons. The molecule has 1 fully saturated rings. The molecule has 3 amide bonds. The predicted octanol–water partition coefficient (Wildman–Crippen LogP) is 3.40. The van der Waals surface area contributed by atoms with Gasteiger partial charge in [0.2, 0.25) is 5.91 Å². The second-order valence-electron chi connectivity index (χ2n) is 9.84. The van der Waals surface area contributed by atoms with E-state index in [9.17, 15) is 9.59 Å². The molecule has 2 heterocycles. The number of likely N-dealkylation sites (tertiary alicyclic amines) is 1. The average molecular weight is 424 g/mol. The standard InChI is InChI=1S/C24H33N5O2/c1-24(2)14-20(19-16-25-29(21(19)15-24)18-8-6-5-7-9-18)26-22(30)17-10-12-28(13-11-17)23(31)27(3)4/h5-9,16-17,20H,10-15H2,1-4H3,(H,26,30)/t20-/m1/s1. The molecule has 1 saturated heterocycles. The van der Waals surface area contributed by atoms with E-state index in [0.717, 1.165) is 24.1 Å². The van der Waals surface area contributed by atoms with Crippen LogP contribution in [0.5, 0.6) is 0 Å². The van der Waals surface area contributed by atoms with Crippen molar-refractivity contribution in [2.24, 2.45) is 11.3 Å². The molecule has 1 aliphatic heterocycles. The molecular formula is C24H33N5O2. The third kappa shape index (κ3) is 4.45. The SMILES string of the molecule is CN(C)C(=O)N1CCC(C(=O)N[C@@H]2CC(C)(C)Cc3c2cnn3-c2ccccc2)CC1. The van der Waals surface area contributed by atoms with Crippen LogP contribution in [0.25, 0.3) is 5.69 Å². The molecule has 7 heteroatoms. The van der Waals surface area contributed by atoms with Crippen molar-refractivity contribution in [3.63, 3.8) is 0 Å². The smallest absolute Gasteiger partial charge is 0.319 e. The first-order valence-corrected chi connectivity index (χ1v) is 11.1. The van der Waals surface area contributed by atoms with Crippen molar-refractivity contribution >= 4 is 11.9 Å². The molecule has 7 nitrogen and oxygen atoms in total. The molecule has 31 heavy (non-hydrogen) atoms. The van der Waals surface area contributed by atoms with Crippen LogP contribution in [-0.4, -0.2) is 58.7 Å². The number of benzene rings is 1. The lowest BCUT2D eigenvalue weighted by molar-refractivity contribution is -0.127. The number of para-hydroxylation sites is 1. The molecule has 1 N–H and O–H groups in total. The molecule has 1 aromatic carbocycles. The Morgan fingerprint density at radius 1 is 1.13 bits per heavy atom. The van der Waals surface area contributed by atoms with E-state index in [0.29, 0.717) is 25.9 Å². The summed E-state index contributed by atoms with van der Waals surface area (Å²) in [6.45, 7) is 5.76. The Bertz CT molecular complexity index is 942. The quantitative estimate of drug-likeness (QED) is 0.823. The first kappa shape index (κ1) is 21.4. The van der Waals surface area contributed by atoms with Crippen molar-refractivity contribution in [1.82, 2.24) is 24.9 Å². The van der Waals surface area contributed by atoms with Crippen molar-refractivity contribution in [2.45, 2.75) is 45.6 Å². The largest absolute Gasteiger partial charge is 0.349 e. The van der Waals surface area contributed by atoms with Gasteiger partial charge in [0.15, 0.2) is 0 Å². The van der Waals surface area contributed by atoms with E-state index < -0.39 is 0 Å². The van der Waals surface area contributed by atoms with Crippen LogP contribution in [0, 0.1) is 11.3 Å². The van der Waals surface area contributed by atoms with E-state index in [1.807, 2.05) is 34.0 Å². The molecule has 0 radical (unpaired) electrons. The summed E-state index contributed by atoms with van der Waals surface area (Å²) in [5.41, 5.74) is 3.42. The molecule has 1 aromatic heterocycles. The van der Waals surface area contributed by atoms with E-state index in [2.05, 4.69) is 36.4 Å². The highest BCUT2D eigenvalue weighted by atomic mass is 16.2. The van der Waals surface area contributed by atoms with Gasteiger partial charge in [0.25, 0.3) is 0 Å². The van der Waals surface area contributed by atoms with Crippen molar-refractivity contribution in [3.05, 3.63) is 47.8 Å². The van der Waals surface area contributed by atoms with E-state index in [1.54, 1.807) is 19.0 Å². The monoisotopic (exact) mass is 423 g/mol. The number of amides is 3. The van der Waals surface area contributed by atoms with Gasteiger partial charge in [-0.1, -0.05) is 32.0 Å². The second-order valence-corrected chi connectivity index (χ2v) is 9.84. The maximum atomic E-state index is 13.1. The Balaban J connectivity index is 1.48. The summed E-state index contributed by atoms with van der Waals surface area (Å²) in [5.74, 6) is 0.0435. The summed E-state index contributed by atoms with van der Waals surface area (Å²) in [6.07, 6.45) is 5.15. The molecular weight excluding hydrogens is 390 g/mol. The van der Waals surface area contributed by atoms with E-state index in [-0.39, 0.29) is 29.3 Å². The van der Waals surface area contributed by atoms with Crippen LogP contribution in [0.4, 0.5) is 4.79 Å². The molecule has 1 aliphatic carbocycles. The van der Waals surface area contributed by atoms with Gasteiger partial charge in [-0.2, -0.15) is 5.10 Å². The number of carbonyl (C=O) groups excluding carboxylic acids is 2. The number of nitrogens with one attached hydrogen (secondary N) is 1. The van der Waals surface area contributed by atoms with Gasteiger partial charge in [0, 0.05) is 38.7 Å². The Labute approximate surface area is 184 Å². The highest BCUT2D eigenvalue weighted by Gasteiger charge is 2.37. The summed E-state index contributed by atoms with van der Waals surface area (Å²) < 4.78 is 2.01. The summed E-state index contributed by atoms with van der Waals surface area (Å²) >= 11 is 0. The minimum Gasteiger partial charge on any atom is -0.349 e. The lowest BCUT2D eigenvalue weighted by Gasteiger charge is -2.37. The van der Waals surface area contributed by atoms with Crippen molar-refractivity contribution in [3.8, 4) is 5.69 Å². The minimum absolute atomic E-state index is 0.0193. The molecule has 0 saturated carbocycles. The normalized spacial score (nSPS) is 20.8. The number of piperidine rings is 1. The van der Waals surface area contributed by atoms with Crippen molar-refractivity contribution in [1.29, 1.82) is 0 Å². The van der Waals surface area contributed by atoms with Crippen LogP contribution in [0.1, 0.15) is 50.4 Å². The Morgan fingerprint density at radius 3 is 2.45 bits per heavy atom. The first-order chi connectivity index (χ1) is 14.7. The van der Waals surface area contributed by atoms with Crippen LogP contribution >= 0.6 is 0 Å². The van der Waals surface area contributed by atoms with Crippen LogP contribution < -0.4 is 5.32 Å². The lowest BCUT2D eigenvalue weighted by Crippen LogP contribution is -2.47. The predicted molar refractivity (Wildman–Crippen MR) is 120 cm³/mol. The molecule has 0 unspecified atom stereocenters. The summed E-state index contributed by atoms with van der Waals surface area (Å²) in [7, 11) is 3.53. The Hall–Kier alpha value is -2.83. The second kappa shape index (κ2) is 8.36. The van der Waals surface area contributed by atoms with Gasteiger partial charge in [-0.05, 0) is 43.2 Å². The van der Waals surface area contributed by atoms with E-state index in [4.69, 9.17) is 0 Å². The summed E-state index contributed by atoms with van der Waals surface area (Å²) in [5, 5.41) is 7.99. The molecule has 1 atom stereocenters. The van der Waals surface area contributed by atoms with Crippen LogP contribution in [0.15, 0.2) is 36.5 Å². The maximum absolute atomic E-state index is 13.1. The number of hydrogen-bond acceptors (Lipinski definition) is 3. The van der Waals surface area contributed by atoms with Gasteiger partial charge in [0.05, 0.1) is 23.6 Å². The highest BCUT2D eigenvalue weighted by molar-refractivity contribution is 5.80. The lowest BCUT2D eigenvalue weighted by atomic mass is 9.74. The Kier molecular flexibility index (Phi) is 5.77. The maximum Gasteiger partial charge on any atom is 0.319 e. The number of rotatable bonds is 3. The number of hydrogen-bond donors (Lipinski definition) is 1. The van der Waals surface area contributed by atoms with Gasteiger partial charge in [-0.3, -0.25) is 4.79 Å². The zero-order valence-electron chi connectivity index (χ0n) is 19.0. The number of aromatic nitrogens is 2. The molecule has 4 rings (SSSR count). The zero-order valence-corrected chi connectivity index (χ0v) is 19.0. The first-order valence-electron chi connectivity index (χ1n) is 11.1. The highest BCUT2D eigenvalue weighted by Crippen LogP contribution is 2.41. The zero-order chi connectivity index (χ0) is 22.2. The molecule has 2 aromatic rings. The van der Waals surface area contributed by atoms with Gasteiger partial charge in [0.1, 0.15) is 0 Å². The molecule has 0 bridgehead atoms. The van der Waals surface area contributed by atoms with Crippen molar-refractivity contribution in [2.75, 3.05) is 27.2 Å². The fourth-order valence-corrected chi connectivity index (χ4v) is 4.87. The summed E-state index contributed by atoms with van der Waals surface area (Å²) in [6, 6.07) is 10.1. The van der Waals surface area contributed by atoms with Crippen LogP contribution in [-0.2, 0) is 11.2 Å². The van der Waals surface area contributed by atoms with Crippen LogP contribution in [0.3, 0.4) is 0 Å². The average Bonchev–Trinajstić information content (AvgIpc) is 3.16. The fourth-order valence-electron chi connectivity index (χ4n) is 4.87. The molecule has 0 spiro atoms. The van der Waals surface area contributed by atoms with E-state index >= 15 is 0 Å². The van der Waals surface area contributed by atoms with Gasteiger partial charge < -0.3 is 15.1 Å². The number of carbonyl (C=O) groups is 2. The summed E-state index contributed by atoms with van der Waals surface area (Å²) in [4.78, 5) is 28.7. The number of nitrogens with zero attached hydrogens (tertiary/aromatic N) is 4. The molecule has 2 aliphatic rings. The minimum atomic E-state index is -0.0520.